The van der Waals surface area contributed by atoms with Crippen LogP contribution in [-0.4, -0.2) is 35.5 Å². The molecule has 0 aliphatic rings. The number of hydrogen-bond donors (Lipinski definition) is 0. The van der Waals surface area contributed by atoms with E-state index in [1.165, 1.54) is 42.9 Å². The predicted molar refractivity (Wildman–Crippen MR) is 99.7 cm³/mol. The number of aromatic nitrogens is 2. The highest BCUT2D eigenvalue weighted by molar-refractivity contribution is 5.96. The molecular weight excluding hydrogens is 364 g/mol. The number of nitrogens with zero attached hydrogens (tertiary/aromatic N) is 2. The smallest absolute Gasteiger partial charge is 0.338 e. The van der Waals surface area contributed by atoms with Gasteiger partial charge in [0, 0.05) is 12.3 Å². The molecule has 0 atom stereocenters. The van der Waals surface area contributed by atoms with Crippen LogP contribution in [0.25, 0.3) is 5.65 Å². The normalized spacial score (nSPS) is 10.5. The first-order valence-electron chi connectivity index (χ1n) is 8.34. The highest BCUT2D eigenvalue weighted by Crippen LogP contribution is 2.20. The summed E-state index contributed by atoms with van der Waals surface area (Å²) in [5.41, 5.74) is 1.90. The van der Waals surface area contributed by atoms with Gasteiger partial charge in [-0.3, -0.25) is 9.20 Å². The van der Waals surface area contributed by atoms with E-state index in [9.17, 15) is 14.4 Å². The zero-order valence-electron chi connectivity index (χ0n) is 15.6. The van der Waals surface area contributed by atoms with Gasteiger partial charge in [-0.2, -0.15) is 0 Å². The van der Waals surface area contributed by atoms with E-state index in [-0.39, 0.29) is 29.0 Å². The molecule has 0 fully saturated rings. The summed E-state index contributed by atoms with van der Waals surface area (Å²) in [4.78, 5) is 40.3. The number of carbonyl (C=O) groups excluding carboxylic acids is 2. The summed E-state index contributed by atoms with van der Waals surface area (Å²) in [7, 11) is 2.48. The van der Waals surface area contributed by atoms with E-state index in [0.717, 1.165) is 5.56 Å². The average Bonchev–Trinajstić information content (AvgIpc) is 2.71. The maximum Gasteiger partial charge on any atom is 0.338 e. The second-order valence-corrected chi connectivity index (χ2v) is 6.04. The predicted octanol–water partition coefficient (Wildman–Crippen LogP) is 2.16. The van der Waals surface area contributed by atoms with Crippen molar-refractivity contribution in [1.29, 1.82) is 0 Å². The summed E-state index contributed by atoms with van der Waals surface area (Å²) < 4.78 is 16.5. The lowest BCUT2D eigenvalue weighted by molar-refractivity contribution is 0.0598. The van der Waals surface area contributed by atoms with Crippen molar-refractivity contribution in [2.45, 2.75) is 13.5 Å². The molecule has 0 N–H and O–H groups in total. The molecule has 144 valence electrons. The molecule has 0 aliphatic carbocycles. The fraction of sp³-hybridized carbons (Fsp3) is 0.200. The summed E-state index contributed by atoms with van der Waals surface area (Å²) in [6, 6.07) is 9.21. The van der Waals surface area contributed by atoms with Gasteiger partial charge in [-0.15, -0.1) is 0 Å². The fourth-order valence-electron chi connectivity index (χ4n) is 2.64. The van der Waals surface area contributed by atoms with Crippen LogP contribution in [0.1, 0.15) is 32.0 Å². The number of pyridine rings is 1. The van der Waals surface area contributed by atoms with Gasteiger partial charge in [0.1, 0.15) is 18.0 Å². The molecule has 0 aliphatic heterocycles. The number of hydrogen-bond acceptors (Lipinski definition) is 7. The van der Waals surface area contributed by atoms with Crippen molar-refractivity contribution >= 4 is 17.6 Å². The molecule has 0 saturated heterocycles. The summed E-state index contributed by atoms with van der Waals surface area (Å²) in [6.07, 6.45) is 1.71. The standard InChI is InChI=1S/C20H18N2O6/c1-12-4-5-17-21-15(9-18(23)22(17)10-12)11-28-16-7-13(19(24)26-2)6-14(8-16)20(25)27-3/h4-10H,11H2,1-3H3. The number of methoxy groups -OCH3 is 2. The van der Waals surface area contributed by atoms with Gasteiger partial charge < -0.3 is 14.2 Å². The Hall–Kier alpha value is -3.68. The van der Waals surface area contributed by atoms with Gasteiger partial charge in [-0.25, -0.2) is 14.6 Å². The van der Waals surface area contributed by atoms with Crippen LogP contribution in [-0.2, 0) is 16.1 Å². The van der Waals surface area contributed by atoms with Crippen molar-refractivity contribution < 1.29 is 23.8 Å². The average molecular weight is 382 g/mol. The van der Waals surface area contributed by atoms with E-state index in [1.54, 1.807) is 12.3 Å². The molecule has 0 bridgehead atoms. The highest BCUT2D eigenvalue weighted by atomic mass is 16.5. The number of benzene rings is 1. The lowest BCUT2D eigenvalue weighted by atomic mass is 10.1. The molecule has 0 amide bonds. The fourth-order valence-corrected chi connectivity index (χ4v) is 2.64. The Bertz CT molecular complexity index is 1090. The van der Waals surface area contributed by atoms with Crippen molar-refractivity contribution in [3.8, 4) is 5.75 Å². The van der Waals surface area contributed by atoms with E-state index < -0.39 is 11.9 Å². The first-order chi connectivity index (χ1) is 13.4. The Morgan fingerprint density at radius 1 is 1.00 bits per heavy atom. The van der Waals surface area contributed by atoms with Crippen molar-refractivity contribution in [3.63, 3.8) is 0 Å². The molecule has 3 rings (SSSR count). The largest absolute Gasteiger partial charge is 0.487 e. The first kappa shape index (κ1) is 19.1. The Balaban J connectivity index is 1.90. The molecular formula is C20H18N2O6. The molecule has 2 heterocycles. The summed E-state index contributed by atoms with van der Waals surface area (Å²) in [5.74, 6) is -0.990. The minimum Gasteiger partial charge on any atom is -0.487 e. The van der Waals surface area contributed by atoms with Gasteiger partial charge in [0.05, 0.1) is 31.0 Å². The van der Waals surface area contributed by atoms with Crippen molar-refractivity contribution in [3.05, 3.63) is 75.3 Å². The number of rotatable bonds is 5. The summed E-state index contributed by atoms with van der Waals surface area (Å²) >= 11 is 0. The second-order valence-electron chi connectivity index (χ2n) is 6.04. The van der Waals surface area contributed by atoms with Gasteiger partial charge in [0.25, 0.3) is 5.56 Å². The number of carbonyl (C=O) groups is 2. The topological polar surface area (TPSA) is 96.2 Å². The number of aryl methyl sites for hydroxylation is 1. The Kier molecular flexibility index (Phi) is 5.39. The van der Waals surface area contributed by atoms with Crippen LogP contribution in [0.15, 0.2) is 47.4 Å². The van der Waals surface area contributed by atoms with Crippen LogP contribution >= 0.6 is 0 Å². The highest BCUT2D eigenvalue weighted by Gasteiger charge is 2.15. The van der Waals surface area contributed by atoms with E-state index in [2.05, 4.69) is 4.98 Å². The van der Waals surface area contributed by atoms with Gasteiger partial charge in [-0.05, 0) is 36.8 Å². The van der Waals surface area contributed by atoms with Gasteiger partial charge in [0.15, 0.2) is 0 Å². The van der Waals surface area contributed by atoms with E-state index in [4.69, 9.17) is 14.2 Å². The van der Waals surface area contributed by atoms with Crippen LogP contribution < -0.4 is 10.3 Å². The third kappa shape index (κ3) is 4.01. The molecule has 1 aromatic carbocycles. The van der Waals surface area contributed by atoms with Crippen LogP contribution in [0.4, 0.5) is 0 Å². The zero-order valence-corrected chi connectivity index (χ0v) is 15.6. The molecule has 28 heavy (non-hydrogen) atoms. The van der Waals surface area contributed by atoms with Crippen LogP contribution in [0, 0.1) is 6.92 Å². The zero-order chi connectivity index (χ0) is 20.3. The van der Waals surface area contributed by atoms with E-state index in [1.807, 2.05) is 13.0 Å². The lowest BCUT2D eigenvalue weighted by Gasteiger charge is -2.10. The Labute approximate surface area is 160 Å². The monoisotopic (exact) mass is 382 g/mol. The number of esters is 2. The number of ether oxygens (including phenoxy) is 3. The van der Waals surface area contributed by atoms with Gasteiger partial charge in [0.2, 0.25) is 0 Å². The quantitative estimate of drug-likeness (QED) is 0.624. The minimum absolute atomic E-state index is 0.0230. The van der Waals surface area contributed by atoms with Crippen LogP contribution in [0.3, 0.4) is 0 Å². The summed E-state index contributed by atoms with van der Waals surface area (Å²) in [6.45, 7) is 1.86. The third-order valence-corrected chi connectivity index (χ3v) is 4.00. The molecule has 8 nitrogen and oxygen atoms in total. The summed E-state index contributed by atoms with van der Waals surface area (Å²) in [5, 5.41) is 0. The first-order valence-corrected chi connectivity index (χ1v) is 8.34. The maximum absolute atomic E-state index is 12.3. The van der Waals surface area contributed by atoms with E-state index >= 15 is 0 Å². The van der Waals surface area contributed by atoms with Crippen molar-refractivity contribution in [1.82, 2.24) is 9.38 Å². The lowest BCUT2D eigenvalue weighted by Crippen LogP contribution is -2.16. The Morgan fingerprint density at radius 3 is 2.25 bits per heavy atom. The minimum atomic E-state index is -0.618. The van der Waals surface area contributed by atoms with E-state index in [0.29, 0.717) is 11.3 Å². The molecule has 8 heteroatoms. The molecule has 0 spiro atoms. The third-order valence-electron chi connectivity index (χ3n) is 4.00. The number of fused-ring (bicyclic) bond motifs is 1. The van der Waals surface area contributed by atoms with Gasteiger partial charge in [-0.1, -0.05) is 6.07 Å². The Morgan fingerprint density at radius 2 is 1.64 bits per heavy atom. The van der Waals surface area contributed by atoms with Gasteiger partial charge >= 0.3 is 11.9 Å². The molecule has 0 radical (unpaired) electrons. The van der Waals surface area contributed by atoms with Crippen molar-refractivity contribution in [2.24, 2.45) is 0 Å². The SMILES string of the molecule is COC(=O)c1cc(OCc2cc(=O)n3cc(C)ccc3n2)cc(C(=O)OC)c1. The molecule has 0 saturated carbocycles. The molecule has 2 aromatic heterocycles. The second kappa shape index (κ2) is 7.91. The van der Waals surface area contributed by atoms with Crippen LogP contribution in [0.5, 0.6) is 5.75 Å². The molecule has 3 aromatic rings. The van der Waals surface area contributed by atoms with Crippen LogP contribution in [0.2, 0.25) is 0 Å². The van der Waals surface area contributed by atoms with Crippen molar-refractivity contribution in [2.75, 3.05) is 14.2 Å². The maximum atomic E-state index is 12.3. The molecule has 0 unspecified atom stereocenters.